The lowest BCUT2D eigenvalue weighted by molar-refractivity contribution is -0.119. The molecule has 0 spiro atoms. The summed E-state index contributed by atoms with van der Waals surface area (Å²) in [5.41, 5.74) is 8.25. The van der Waals surface area contributed by atoms with Crippen LogP contribution in [0.25, 0.3) is 0 Å². The van der Waals surface area contributed by atoms with Crippen molar-refractivity contribution < 1.29 is 24.1 Å². The second-order valence-electron chi connectivity index (χ2n) is 8.28. The average Bonchev–Trinajstić information content (AvgIpc) is 2.89. The highest BCUT2D eigenvalue weighted by Crippen LogP contribution is 2.19. The highest BCUT2D eigenvalue weighted by atomic mass is 35.5. The van der Waals surface area contributed by atoms with E-state index in [-0.39, 0.29) is 44.7 Å². The van der Waals surface area contributed by atoms with Crippen LogP contribution in [0.5, 0.6) is 5.75 Å². The molecule has 1 saturated heterocycles. The van der Waals surface area contributed by atoms with E-state index in [1.54, 1.807) is 17.0 Å². The van der Waals surface area contributed by atoms with Crippen LogP contribution in [-0.4, -0.2) is 80.2 Å². The molecule has 0 aromatic heterocycles. The van der Waals surface area contributed by atoms with Gasteiger partial charge in [0.1, 0.15) is 11.4 Å². The number of rotatable bonds is 14. The van der Waals surface area contributed by atoms with Gasteiger partial charge in [0.15, 0.2) is 6.73 Å². The zero-order chi connectivity index (χ0) is 25.6. The molecule has 36 heavy (non-hydrogen) atoms. The van der Waals surface area contributed by atoms with Crippen LogP contribution in [0, 0.1) is 0 Å². The lowest BCUT2D eigenvalue weighted by atomic mass is 10.2. The predicted molar refractivity (Wildman–Crippen MR) is 138 cm³/mol. The summed E-state index contributed by atoms with van der Waals surface area (Å²) in [4.78, 5) is 17.0. The third-order valence-electron chi connectivity index (χ3n) is 5.58. The Balaban J connectivity index is 1.66. The van der Waals surface area contributed by atoms with Crippen molar-refractivity contribution in [3.05, 3.63) is 76.6 Å². The minimum atomic E-state index is -0.344. The van der Waals surface area contributed by atoms with E-state index < -0.39 is 0 Å². The van der Waals surface area contributed by atoms with Gasteiger partial charge in [0, 0.05) is 43.9 Å². The molecular weight excluding hydrogens is 484 g/mol. The number of amides is 1. The van der Waals surface area contributed by atoms with Crippen molar-refractivity contribution in [3.63, 3.8) is 0 Å². The van der Waals surface area contributed by atoms with Gasteiger partial charge in [-0.2, -0.15) is 0 Å². The standard InChI is InChI=1S/C26H35ClN4O5/c27-23-6-4-21(5-7-23)19-31(25(17-28)26(33)29-8-12-34-15-11-32)20-36-24-3-1-2-22(16-24)18-30-9-13-35-14-10-30/h1-7,16-17,32H,8-15,18-20,28H2,(H,29,33)/b25-17-. The molecule has 196 valence electrons. The van der Waals surface area contributed by atoms with Crippen LogP contribution in [0.4, 0.5) is 0 Å². The minimum Gasteiger partial charge on any atom is -0.473 e. The fourth-order valence-corrected chi connectivity index (χ4v) is 3.86. The number of morpholine rings is 1. The Bertz CT molecular complexity index is 967. The topological polar surface area (TPSA) is 110 Å². The van der Waals surface area contributed by atoms with Gasteiger partial charge < -0.3 is 35.3 Å². The summed E-state index contributed by atoms with van der Waals surface area (Å²) in [5, 5.41) is 12.2. The van der Waals surface area contributed by atoms with Crippen molar-refractivity contribution in [3.8, 4) is 5.75 Å². The van der Waals surface area contributed by atoms with Crippen molar-refractivity contribution in [2.45, 2.75) is 13.1 Å². The van der Waals surface area contributed by atoms with Crippen LogP contribution in [0.3, 0.4) is 0 Å². The molecule has 1 aliphatic rings. The summed E-state index contributed by atoms with van der Waals surface area (Å²) in [7, 11) is 0. The first kappa shape index (κ1) is 27.8. The quantitative estimate of drug-likeness (QED) is 0.198. The maximum Gasteiger partial charge on any atom is 0.269 e. The van der Waals surface area contributed by atoms with Crippen molar-refractivity contribution >= 4 is 17.5 Å². The fraction of sp³-hybridized carbons (Fsp3) is 0.423. The van der Waals surface area contributed by atoms with E-state index in [9.17, 15) is 4.79 Å². The predicted octanol–water partition coefficient (Wildman–Crippen LogP) is 1.94. The molecule has 0 bridgehead atoms. The average molecular weight is 519 g/mol. The molecule has 2 aromatic carbocycles. The molecule has 1 fully saturated rings. The van der Waals surface area contributed by atoms with E-state index in [4.69, 9.17) is 36.7 Å². The molecule has 0 aliphatic carbocycles. The van der Waals surface area contributed by atoms with Gasteiger partial charge >= 0.3 is 0 Å². The monoisotopic (exact) mass is 518 g/mol. The number of nitrogens with two attached hydrogens (primary N) is 1. The Morgan fingerprint density at radius 1 is 1.17 bits per heavy atom. The van der Waals surface area contributed by atoms with Crippen LogP contribution >= 0.6 is 11.6 Å². The van der Waals surface area contributed by atoms with Crippen molar-refractivity contribution in [2.24, 2.45) is 5.73 Å². The summed E-state index contributed by atoms with van der Waals surface area (Å²) in [6, 6.07) is 15.3. The zero-order valence-corrected chi connectivity index (χ0v) is 21.2. The second-order valence-corrected chi connectivity index (χ2v) is 8.71. The lowest BCUT2D eigenvalue weighted by Gasteiger charge is -2.27. The number of hydrogen-bond donors (Lipinski definition) is 3. The van der Waals surface area contributed by atoms with Crippen LogP contribution < -0.4 is 15.8 Å². The van der Waals surface area contributed by atoms with Gasteiger partial charge in [0.2, 0.25) is 0 Å². The summed E-state index contributed by atoms with van der Waals surface area (Å²) in [5.74, 6) is 0.361. The third kappa shape index (κ3) is 9.33. The molecule has 0 atom stereocenters. The van der Waals surface area contributed by atoms with Crippen LogP contribution in [0.1, 0.15) is 11.1 Å². The van der Waals surface area contributed by atoms with Crippen molar-refractivity contribution in [1.29, 1.82) is 0 Å². The largest absolute Gasteiger partial charge is 0.473 e. The zero-order valence-electron chi connectivity index (χ0n) is 20.4. The van der Waals surface area contributed by atoms with Crippen molar-refractivity contribution in [2.75, 3.05) is 59.4 Å². The number of hydrogen-bond acceptors (Lipinski definition) is 8. The number of carbonyl (C=O) groups is 1. The van der Waals surface area contributed by atoms with E-state index >= 15 is 0 Å². The van der Waals surface area contributed by atoms with E-state index in [1.165, 1.54) is 6.20 Å². The Hall–Kier alpha value is -2.82. The van der Waals surface area contributed by atoms with Gasteiger partial charge in [0.05, 0.1) is 33.0 Å². The summed E-state index contributed by atoms with van der Waals surface area (Å²) >= 11 is 6.04. The SMILES string of the molecule is N/C=C(/C(=O)NCCOCCO)N(COc1cccc(CN2CCOCC2)c1)Cc1ccc(Cl)cc1. The van der Waals surface area contributed by atoms with E-state index in [2.05, 4.69) is 16.3 Å². The molecule has 1 aliphatic heterocycles. The fourth-order valence-electron chi connectivity index (χ4n) is 3.73. The molecule has 2 aromatic rings. The Morgan fingerprint density at radius 3 is 2.67 bits per heavy atom. The van der Waals surface area contributed by atoms with E-state index in [0.29, 0.717) is 17.3 Å². The molecule has 4 N–H and O–H groups in total. The third-order valence-corrected chi connectivity index (χ3v) is 5.83. The van der Waals surface area contributed by atoms with Crippen LogP contribution in [0.15, 0.2) is 60.4 Å². The Labute approximate surface area is 217 Å². The summed E-state index contributed by atoms with van der Waals surface area (Å²) in [6.45, 7) is 5.36. The number of nitrogens with zero attached hydrogens (tertiary/aromatic N) is 2. The van der Waals surface area contributed by atoms with Gasteiger partial charge in [-0.05, 0) is 35.4 Å². The summed E-state index contributed by atoms with van der Waals surface area (Å²) in [6.07, 6.45) is 1.28. The number of aliphatic hydroxyl groups is 1. The molecule has 0 unspecified atom stereocenters. The second kappa shape index (κ2) is 15.3. The first-order chi connectivity index (χ1) is 17.6. The van der Waals surface area contributed by atoms with Gasteiger partial charge in [-0.1, -0.05) is 35.9 Å². The van der Waals surface area contributed by atoms with E-state index in [0.717, 1.165) is 44.0 Å². The first-order valence-electron chi connectivity index (χ1n) is 12.0. The number of aliphatic hydroxyl groups excluding tert-OH is 1. The Kier molecular flexibility index (Phi) is 11.8. The highest BCUT2D eigenvalue weighted by molar-refractivity contribution is 6.30. The first-order valence-corrected chi connectivity index (χ1v) is 12.4. The van der Waals surface area contributed by atoms with Gasteiger partial charge in [-0.25, -0.2) is 0 Å². The number of carbonyl (C=O) groups excluding carboxylic acids is 1. The summed E-state index contributed by atoms with van der Waals surface area (Å²) < 4.78 is 16.8. The van der Waals surface area contributed by atoms with Gasteiger partial charge in [0.25, 0.3) is 5.91 Å². The molecular formula is C26H35ClN4O5. The number of nitrogens with one attached hydrogen (secondary N) is 1. The molecule has 1 amide bonds. The maximum absolute atomic E-state index is 12.9. The number of halogens is 1. The highest BCUT2D eigenvalue weighted by Gasteiger charge is 2.19. The van der Waals surface area contributed by atoms with Crippen LogP contribution in [-0.2, 0) is 27.4 Å². The van der Waals surface area contributed by atoms with Gasteiger partial charge in [-0.15, -0.1) is 0 Å². The lowest BCUT2D eigenvalue weighted by Crippen LogP contribution is -2.38. The Morgan fingerprint density at radius 2 is 1.94 bits per heavy atom. The van der Waals surface area contributed by atoms with Crippen molar-refractivity contribution in [1.82, 2.24) is 15.1 Å². The molecule has 0 saturated carbocycles. The van der Waals surface area contributed by atoms with Crippen LogP contribution in [0.2, 0.25) is 5.02 Å². The minimum absolute atomic E-state index is 0.0677. The normalized spacial score (nSPS) is 14.4. The number of ether oxygens (including phenoxy) is 3. The molecule has 1 heterocycles. The molecule has 9 nitrogen and oxygen atoms in total. The molecule has 0 radical (unpaired) electrons. The smallest absolute Gasteiger partial charge is 0.269 e. The maximum atomic E-state index is 12.9. The van der Waals surface area contributed by atoms with Gasteiger partial charge in [-0.3, -0.25) is 9.69 Å². The molecule has 10 heteroatoms. The van der Waals surface area contributed by atoms with E-state index in [1.807, 2.05) is 30.3 Å². The molecule has 3 rings (SSSR count). The number of benzene rings is 2.